The molecule has 0 aliphatic heterocycles. The van der Waals surface area contributed by atoms with E-state index < -0.39 is 0 Å². The molecule has 0 radical (unpaired) electrons. The maximum Gasteiger partial charge on any atom is 0.0991 e. The van der Waals surface area contributed by atoms with Crippen molar-refractivity contribution in [3.8, 4) is 39.4 Å². The summed E-state index contributed by atoms with van der Waals surface area (Å²) >= 11 is 0. The van der Waals surface area contributed by atoms with Crippen LogP contribution >= 0.6 is 0 Å². The lowest BCUT2D eigenvalue weighted by Gasteiger charge is -2.34. The summed E-state index contributed by atoms with van der Waals surface area (Å²) in [5.41, 5.74) is 13.0. The summed E-state index contributed by atoms with van der Waals surface area (Å²) in [6.07, 6.45) is 7.96. The second kappa shape index (κ2) is 10.3. The lowest BCUT2D eigenvalue weighted by atomic mass is 9.90. The fraction of sp³-hybridized carbons (Fsp3) is 0.0488. The predicted octanol–water partition coefficient (Wildman–Crippen LogP) is 10.6. The molecule has 0 saturated heterocycles. The van der Waals surface area contributed by atoms with Crippen molar-refractivity contribution < 1.29 is 0 Å². The monoisotopic (exact) mass is 548 g/mol. The van der Waals surface area contributed by atoms with Crippen molar-refractivity contribution in [1.82, 2.24) is 0 Å². The van der Waals surface area contributed by atoms with Gasteiger partial charge in [0.25, 0.3) is 0 Å². The highest BCUT2D eigenvalue weighted by Gasteiger charge is 2.25. The van der Waals surface area contributed by atoms with Crippen molar-refractivity contribution in [2.75, 3.05) is 4.90 Å². The van der Waals surface area contributed by atoms with Gasteiger partial charge in [0.15, 0.2) is 0 Å². The van der Waals surface area contributed by atoms with Crippen LogP contribution in [-0.2, 0) is 0 Å². The number of rotatable bonds is 5. The second-order valence-electron chi connectivity index (χ2n) is 11.2. The molecule has 0 fully saturated rings. The standard InChI is InChI=1S/C41H28N2/c42-27-28-19-21-29(22-20-28)30-9-6-13-33(25-30)43(32-11-2-1-3-12-32)34-14-7-10-31(26-34)35-23-24-40-37-16-5-4-15-36(37)39-18-8-17-38(35)41(39)40/h1-13,15-26,34H,14H2. The van der Waals surface area contributed by atoms with Gasteiger partial charge in [-0.05, 0) is 98.1 Å². The Hall–Kier alpha value is -5.65. The molecule has 1 unspecified atom stereocenters. The van der Waals surface area contributed by atoms with Crippen LogP contribution in [-0.4, -0.2) is 6.04 Å². The van der Waals surface area contributed by atoms with Crippen LogP contribution in [0.5, 0.6) is 0 Å². The zero-order valence-corrected chi connectivity index (χ0v) is 23.6. The van der Waals surface area contributed by atoms with Crippen molar-refractivity contribution in [3.63, 3.8) is 0 Å². The first kappa shape index (κ1) is 25.1. The Morgan fingerprint density at radius 1 is 0.581 bits per heavy atom. The Morgan fingerprint density at radius 3 is 2.05 bits per heavy atom. The second-order valence-corrected chi connectivity index (χ2v) is 11.2. The first-order chi connectivity index (χ1) is 21.3. The van der Waals surface area contributed by atoms with Gasteiger partial charge < -0.3 is 4.90 Å². The van der Waals surface area contributed by atoms with Crippen LogP contribution in [0.15, 0.2) is 152 Å². The van der Waals surface area contributed by atoms with E-state index in [0.29, 0.717) is 5.56 Å². The topological polar surface area (TPSA) is 27.0 Å². The van der Waals surface area contributed by atoms with Crippen LogP contribution in [0.3, 0.4) is 0 Å². The molecule has 43 heavy (non-hydrogen) atoms. The van der Waals surface area contributed by atoms with Crippen LogP contribution in [0, 0.1) is 11.3 Å². The van der Waals surface area contributed by atoms with E-state index in [-0.39, 0.29) is 6.04 Å². The van der Waals surface area contributed by atoms with Gasteiger partial charge in [-0.1, -0.05) is 115 Å². The molecule has 0 saturated carbocycles. The summed E-state index contributed by atoms with van der Waals surface area (Å²) in [5.74, 6) is 0. The first-order valence-electron chi connectivity index (χ1n) is 14.8. The number of hydrogen-bond acceptors (Lipinski definition) is 2. The minimum Gasteiger partial charge on any atom is -0.334 e. The van der Waals surface area contributed by atoms with E-state index in [0.717, 1.165) is 28.9 Å². The molecule has 202 valence electrons. The number of para-hydroxylation sites is 1. The molecule has 0 bridgehead atoms. The molecular weight excluding hydrogens is 520 g/mol. The van der Waals surface area contributed by atoms with Crippen LogP contribution < -0.4 is 4.90 Å². The molecule has 0 aromatic heterocycles. The first-order valence-corrected chi connectivity index (χ1v) is 14.8. The minimum absolute atomic E-state index is 0.138. The normalized spacial score (nSPS) is 14.7. The van der Waals surface area contributed by atoms with Gasteiger partial charge in [-0.3, -0.25) is 0 Å². The fourth-order valence-electron chi connectivity index (χ4n) is 6.78. The van der Waals surface area contributed by atoms with E-state index >= 15 is 0 Å². The fourth-order valence-corrected chi connectivity index (χ4v) is 6.78. The third kappa shape index (κ3) is 4.26. The summed E-state index contributed by atoms with van der Waals surface area (Å²) in [7, 11) is 0. The van der Waals surface area contributed by atoms with E-state index in [1.54, 1.807) is 0 Å². The highest BCUT2D eigenvalue weighted by molar-refractivity contribution is 6.17. The third-order valence-electron chi connectivity index (χ3n) is 8.74. The van der Waals surface area contributed by atoms with Gasteiger partial charge in [0.1, 0.15) is 0 Å². The highest BCUT2D eigenvalue weighted by atomic mass is 15.2. The summed E-state index contributed by atoms with van der Waals surface area (Å²) < 4.78 is 0. The summed E-state index contributed by atoms with van der Waals surface area (Å²) in [4.78, 5) is 2.45. The van der Waals surface area contributed by atoms with Gasteiger partial charge in [-0.15, -0.1) is 0 Å². The van der Waals surface area contributed by atoms with Crippen LogP contribution in [0.1, 0.15) is 17.5 Å². The molecule has 6 aromatic carbocycles. The number of nitrogens with zero attached hydrogens (tertiary/aromatic N) is 2. The summed E-state index contributed by atoms with van der Waals surface area (Å²) in [5, 5.41) is 11.9. The molecule has 6 aromatic rings. The van der Waals surface area contributed by atoms with E-state index in [9.17, 15) is 5.26 Å². The molecule has 2 aliphatic rings. The number of hydrogen-bond donors (Lipinski definition) is 0. The minimum atomic E-state index is 0.138. The summed E-state index contributed by atoms with van der Waals surface area (Å²) in [6, 6.07) is 49.7. The molecule has 0 heterocycles. The maximum absolute atomic E-state index is 9.25. The average molecular weight is 549 g/mol. The van der Waals surface area contributed by atoms with Crippen molar-refractivity contribution in [2.24, 2.45) is 0 Å². The Labute approximate surface area is 252 Å². The van der Waals surface area contributed by atoms with Gasteiger partial charge in [0.2, 0.25) is 0 Å². The molecule has 2 heteroatoms. The van der Waals surface area contributed by atoms with Crippen LogP contribution in [0.25, 0.3) is 49.7 Å². The number of anilines is 2. The Morgan fingerprint density at radius 2 is 1.26 bits per heavy atom. The molecule has 8 rings (SSSR count). The van der Waals surface area contributed by atoms with E-state index in [1.165, 1.54) is 44.2 Å². The van der Waals surface area contributed by atoms with Gasteiger partial charge in [0, 0.05) is 11.4 Å². The molecule has 1 atom stereocenters. The molecular formula is C41H28N2. The van der Waals surface area contributed by atoms with Crippen LogP contribution in [0.4, 0.5) is 11.4 Å². The Balaban J connectivity index is 1.23. The largest absolute Gasteiger partial charge is 0.334 e. The predicted molar refractivity (Wildman–Crippen MR) is 179 cm³/mol. The number of benzene rings is 6. The van der Waals surface area contributed by atoms with Crippen molar-refractivity contribution in [1.29, 1.82) is 5.26 Å². The number of fused-ring (bicyclic) bond motifs is 3. The zero-order valence-electron chi connectivity index (χ0n) is 23.6. The van der Waals surface area contributed by atoms with E-state index in [4.69, 9.17) is 0 Å². The Bertz CT molecular complexity index is 2080. The molecule has 0 amide bonds. The van der Waals surface area contributed by atoms with Gasteiger partial charge in [-0.25, -0.2) is 0 Å². The number of nitriles is 1. The Kier molecular flexibility index (Phi) is 6.02. The van der Waals surface area contributed by atoms with Gasteiger partial charge in [0.05, 0.1) is 17.7 Å². The smallest absolute Gasteiger partial charge is 0.0991 e. The highest BCUT2D eigenvalue weighted by Crippen LogP contribution is 2.49. The molecule has 0 spiro atoms. The van der Waals surface area contributed by atoms with Crippen molar-refractivity contribution in [3.05, 3.63) is 163 Å². The molecule has 0 N–H and O–H groups in total. The lowest BCUT2D eigenvalue weighted by Crippen LogP contribution is -2.30. The van der Waals surface area contributed by atoms with E-state index in [1.807, 2.05) is 24.3 Å². The van der Waals surface area contributed by atoms with Crippen LogP contribution in [0.2, 0.25) is 0 Å². The SMILES string of the molecule is N#Cc1ccc(-c2cccc(N(c3ccccc3)C3C=C(c4ccc5c6c(cccc46)-c4ccccc4-5)C=CC3)c2)cc1. The summed E-state index contributed by atoms with van der Waals surface area (Å²) in [6.45, 7) is 0. The van der Waals surface area contributed by atoms with Crippen molar-refractivity contribution in [2.45, 2.75) is 12.5 Å². The van der Waals surface area contributed by atoms with Gasteiger partial charge in [-0.2, -0.15) is 5.26 Å². The third-order valence-corrected chi connectivity index (χ3v) is 8.74. The zero-order chi connectivity index (χ0) is 28.8. The quantitative estimate of drug-likeness (QED) is 0.214. The van der Waals surface area contributed by atoms with E-state index in [2.05, 4.69) is 138 Å². The average Bonchev–Trinajstić information content (AvgIpc) is 3.41. The van der Waals surface area contributed by atoms with Crippen molar-refractivity contribution >= 4 is 27.7 Å². The maximum atomic E-state index is 9.25. The lowest BCUT2D eigenvalue weighted by molar-refractivity contribution is 0.788. The molecule has 2 aliphatic carbocycles. The molecule has 2 nitrogen and oxygen atoms in total. The number of allylic oxidation sites excluding steroid dienone is 2. The van der Waals surface area contributed by atoms with Gasteiger partial charge >= 0.3 is 0 Å².